The number of hydrogen-bond acceptors (Lipinski definition) is 5. The summed E-state index contributed by atoms with van der Waals surface area (Å²) in [5, 5.41) is 6.39. The van der Waals surface area contributed by atoms with E-state index in [2.05, 4.69) is 10.2 Å². The summed E-state index contributed by atoms with van der Waals surface area (Å²) in [5.41, 5.74) is 5.53. The maximum atomic E-state index is 12.6. The van der Waals surface area contributed by atoms with Gasteiger partial charge in [0.1, 0.15) is 0 Å². The second kappa shape index (κ2) is 4.86. The first-order valence-corrected chi connectivity index (χ1v) is 7.60. The molecule has 19 heavy (non-hydrogen) atoms. The predicted octanol–water partition coefficient (Wildman–Crippen LogP) is 0.0564. The van der Waals surface area contributed by atoms with E-state index in [-0.39, 0.29) is 17.7 Å². The lowest BCUT2D eigenvalue weighted by Crippen LogP contribution is -2.53. The Bertz CT molecular complexity index is 552. The molecule has 2 rings (SSSR count). The average Bonchev–Trinajstić information content (AvgIpc) is 2.74. The van der Waals surface area contributed by atoms with Crippen molar-refractivity contribution in [2.75, 3.05) is 13.1 Å². The fourth-order valence-electron chi connectivity index (χ4n) is 2.38. The third-order valence-electron chi connectivity index (χ3n) is 3.03. The molecule has 0 spiro atoms. The predicted molar refractivity (Wildman–Crippen MR) is 69.9 cm³/mol. The third-order valence-corrected chi connectivity index (χ3v) is 4.86. The molecular formula is C11H20N4O3S. The molecule has 1 aliphatic heterocycles. The molecule has 8 heteroatoms. The van der Waals surface area contributed by atoms with Crippen LogP contribution in [0.5, 0.6) is 0 Å². The lowest BCUT2D eigenvalue weighted by molar-refractivity contribution is -0.109. The first kappa shape index (κ1) is 14.4. The number of ether oxygens (including phenoxy) is 1. The van der Waals surface area contributed by atoms with Gasteiger partial charge in [-0.25, -0.2) is 8.42 Å². The smallest absolute Gasteiger partial charge is 0.260 e. The highest BCUT2D eigenvalue weighted by Gasteiger charge is 2.39. The number of nitrogens with zero attached hydrogens (tertiary/aromatic N) is 2. The molecule has 3 N–H and O–H groups in total. The number of hydrogen-bond donors (Lipinski definition) is 2. The minimum atomic E-state index is -3.61. The zero-order chi connectivity index (χ0) is 14.3. The minimum absolute atomic E-state index is 0.0832. The molecule has 2 heterocycles. The Labute approximate surface area is 113 Å². The van der Waals surface area contributed by atoms with Crippen LogP contribution in [0, 0.1) is 0 Å². The Morgan fingerprint density at radius 2 is 2.32 bits per heavy atom. The van der Waals surface area contributed by atoms with Crippen LogP contribution in [0.15, 0.2) is 11.2 Å². The van der Waals surface area contributed by atoms with Crippen molar-refractivity contribution in [1.29, 1.82) is 0 Å². The molecular weight excluding hydrogens is 268 g/mol. The van der Waals surface area contributed by atoms with Crippen LogP contribution in [0.2, 0.25) is 0 Å². The molecule has 1 saturated heterocycles. The summed E-state index contributed by atoms with van der Waals surface area (Å²) in [6, 6.07) is 0. The molecule has 1 aromatic rings. The molecule has 0 saturated carbocycles. The quantitative estimate of drug-likeness (QED) is 0.818. The van der Waals surface area contributed by atoms with Gasteiger partial charge in [-0.1, -0.05) is 0 Å². The molecule has 1 fully saturated rings. The summed E-state index contributed by atoms with van der Waals surface area (Å²) in [4.78, 5) is 0. The molecule has 0 bridgehead atoms. The van der Waals surface area contributed by atoms with Crippen LogP contribution >= 0.6 is 0 Å². The molecule has 0 aliphatic carbocycles. The third kappa shape index (κ3) is 2.81. The first-order valence-electron chi connectivity index (χ1n) is 6.16. The summed E-state index contributed by atoms with van der Waals surface area (Å²) < 4.78 is 32.4. The van der Waals surface area contributed by atoms with E-state index >= 15 is 0 Å². The maximum absolute atomic E-state index is 12.6. The van der Waals surface area contributed by atoms with Crippen molar-refractivity contribution in [3.8, 4) is 0 Å². The molecule has 0 aromatic carbocycles. The van der Waals surface area contributed by atoms with E-state index in [1.165, 1.54) is 10.5 Å². The van der Waals surface area contributed by atoms with Gasteiger partial charge in [0.05, 0.1) is 17.9 Å². The number of rotatable bonds is 3. The average molecular weight is 288 g/mol. The summed E-state index contributed by atoms with van der Waals surface area (Å²) in [7, 11) is -3.61. The van der Waals surface area contributed by atoms with Crippen molar-refractivity contribution in [1.82, 2.24) is 14.5 Å². The first-order chi connectivity index (χ1) is 8.76. The highest BCUT2D eigenvalue weighted by Crippen LogP contribution is 2.26. The Balaban J connectivity index is 2.34. The van der Waals surface area contributed by atoms with Gasteiger partial charge in [0.2, 0.25) is 0 Å². The normalized spacial score (nSPS) is 24.5. The van der Waals surface area contributed by atoms with Crippen LogP contribution in [-0.2, 0) is 21.3 Å². The topological polar surface area (TPSA) is 101 Å². The molecule has 1 unspecified atom stereocenters. The van der Waals surface area contributed by atoms with Gasteiger partial charge in [-0.3, -0.25) is 5.10 Å². The number of nitrogens with one attached hydrogen (secondary N) is 1. The Kier molecular flexibility index (Phi) is 3.69. The summed E-state index contributed by atoms with van der Waals surface area (Å²) >= 11 is 0. The zero-order valence-electron chi connectivity index (χ0n) is 11.4. The SMILES string of the molecule is CC1CN(S(=O)(=O)c2[nH]ncc2CN)CC(C)(C)O1. The highest BCUT2D eigenvalue weighted by molar-refractivity contribution is 7.89. The number of aromatic amines is 1. The molecule has 0 radical (unpaired) electrons. The van der Waals surface area contributed by atoms with Crippen LogP contribution in [-0.4, -0.2) is 47.7 Å². The van der Waals surface area contributed by atoms with Crippen molar-refractivity contribution >= 4 is 10.0 Å². The zero-order valence-corrected chi connectivity index (χ0v) is 12.2. The number of H-pyrrole nitrogens is 1. The standard InChI is InChI=1S/C11H20N4O3S/c1-8-6-15(7-11(2,3)18-8)19(16,17)10-9(4-12)5-13-14-10/h5,8H,4,6-7,12H2,1-3H3,(H,13,14). The Hall–Kier alpha value is -0.960. The van der Waals surface area contributed by atoms with Crippen molar-refractivity contribution in [2.45, 2.75) is 44.0 Å². The fraction of sp³-hybridized carbons (Fsp3) is 0.727. The van der Waals surface area contributed by atoms with Gasteiger partial charge in [-0.15, -0.1) is 0 Å². The minimum Gasteiger partial charge on any atom is -0.370 e. The lowest BCUT2D eigenvalue weighted by atomic mass is 10.1. The number of aromatic nitrogens is 2. The highest BCUT2D eigenvalue weighted by atomic mass is 32.2. The van der Waals surface area contributed by atoms with E-state index in [1.807, 2.05) is 20.8 Å². The van der Waals surface area contributed by atoms with Crippen LogP contribution in [0.1, 0.15) is 26.3 Å². The molecule has 0 amide bonds. The maximum Gasteiger partial charge on any atom is 0.260 e. The second-order valence-corrected chi connectivity index (χ2v) is 7.29. The molecule has 1 aromatic heterocycles. The van der Waals surface area contributed by atoms with Gasteiger partial charge >= 0.3 is 0 Å². The van der Waals surface area contributed by atoms with Gasteiger partial charge < -0.3 is 10.5 Å². The van der Waals surface area contributed by atoms with E-state index < -0.39 is 15.6 Å². The van der Waals surface area contributed by atoms with E-state index in [4.69, 9.17) is 10.5 Å². The van der Waals surface area contributed by atoms with Gasteiger partial charge in [-0.2, -0.15) is 9.40 Å². The Morgan fingerprint density at radius 1 is 1.63 bits per heavy atom. The fourth-order valence-corrected chi connectivity index (χ4v) is 4.16. The van der Waals surface area contributed by atoms with Crippen molar-refractivity contribution in [2.24, 2.45) is 5.73 Å². The second-order valence-electron chi connectivity index (χ2n) is 5.41. The van der Waals surface area contributed by atoms with E-state index in [0.717, 1.165) is 0 Å². The van der Waals surface area contributed by atoms with Crippen LogP contribution in [0.25, 0.3) is 0 Å². The largest absolute Gasteiger partial charge is 0.370 e. The van der Waals surface area contributed by atoms with Crippen LogP contribution in [0.3, 0.4) is 0 Å². The molecule has 1 atom stereocenters. The Morgan fingerprint density at radius 3 is 2.89 bits per heavy atom. The van der Waals surface area contributed by atoms with Gasteiger partial charge in [-0.05, 0) is 20.8 Å². The van der Waals surface area contributed by atoms with E-state index in [1.54, 1.807) is 0 Å². The van der Waals surface area contributed by atoms with Gasteiger partial charge in [0, 0.05) is 25.2 Å². The van der Waals surface area contributed by atoms with Crippen molar-refractivity contribution < 1.29 is 13.2 Å². The monoisotopic (exact) mass is 288 g/mol. The van der Waals surface area contributed by atoms with Crippen molar-refractivity contribution in [3.63, 3.8) is 0 Å². The summed E-state index contributed by atoms with van der Waals surface area (Å²) in [6.07, 6.45) is 1.30. The number of sulfonamides is 1. The van der Waals surface area contributed by atoms with Crippen LogP contribution in [0.4, 0.5) is 0 Å². The summed E-state index contributed by atoms with van der Waals surface area (Å²) in [6.45, 7) is 6.38. The molecule has 1 aliphatic rings. The van der Waals surface area contributed by atoms with Crippen LogP contribution < -0.4 is 5.73 Å². The molecule has 7 nitrogen and oxygen atoms in total. The van der Waals surface area contributed by atoms with Gasteiger partial charge in [0.25, 0.3) is 10.0 Å². The number of nitrogens with two attached hydrogens (primary N) is 1. The number of morpholine rings is 1. The van der Waals surface area contributed by atoms with Crippen molar-refractivity contribution in [3.05, 3.63) is 11.8 Å². The van der Waals surface area contributed by atoms with E-state index in [0.29, 0.717) is 18.7 Å². The molecule has 108 valence electrons. The summed E-state index contributed by atoms with van der Waals surface area (Å²) in [5.74, 6) is 0. The van der Waals surface area contributed by atoms with Gasteiger partial charge in [0.15, 0.2) is 5.03 Å². The van der Waals surface area contributed by atoms with E-state index in [9.17, 15) is 8.42 Å². The lowest BCUT2D eigenvalue weighted by Gasteiger charge is -2.40.